The molecule has 9 nitrogen and oxygen atoms in total. The number of benzene rings is 3. The van der Waals surface area contributed by atoms with Crippen molar-refractivity contribution >= 4 is 29.3 Å². The van der Waals surface area contributed by atoms with Crippen LogP contribution in [0.3, 0.4) is 0 Å². The second-order valence-electron chi connectivity index (χ2n) is 7.74. The summed E-state index contributed by atoms with van der Waals surface area (Å²) in [5.41, 5.74) is 4.86. The minimum Gasteiger partial charge on any atom is -0.504 e. The molecule has 5 rings (SSSR count). The molecule has 0 bridgehead atoms. The number of methoxy groups -OCH3 is 1. The maximum atomic E-state index is 13.5. The monoisotopic (exact) mass is 490 g/mol. The van der Waals surface area contributed by atoms with Crippen molar-refractivity contribution in [3.05, 3.63) is 90.4 Å². The third-order valence-corrected chi connectivity index (χ3v) is 5.62. The number of phenolic OH excluding ortho intramolecular Hbond substituents is 1. The van der Waals surface area contributed by atoms with Crippen LogP contribution in [0.5, 0.6) is 11.5 Å². The number of rotatable bonds is 7. The second kappa shape index (κ2) is 10.3. The third-order valence-electron chi connectivity index (χ3n) is 5.62. The lowest BCUT2D eigenvalue weighted by molar-refractivity contribution is -0.123. The molecule has 10 heteroatoms. The number of nitrogens with one attached hydrogen (secondary N) is 2. The number of hydrogen-bond donors (Lipinski definition) is 3. The Labute approximate surface area is 207 Å². The van der Waals surface area contributed by atoms with Crippen molar-refractivity contribution in [3.8, 4) is 22.8 Å². The van der Waals surface area contributed by atoms with E-state index in [0.29, 0.717) is 11.3 Å². The molecule has 0 aliphatic heterocycles. The van der Waals surface area contributed by atoms with E-state index in [2.05, 4.69) is 25.6 Å². The highest BCUT2D eigenvalue weighted by atomic mass is 35.5. The number of para-hydroxylation sites is 1. The van der Waals surface area contributed by atoms with Crippen molar-refractivity contribution in [2.24, 2.45) is 0 Å². The first-order valence-electron chi connectivity index (χ1n) is 10.7. The number of amides is 1. The molecule has 0 saturated carbocycles. The second-order valence-corrected chi connectivity index (χ2v) is 7.74. The van der Waals surface area contributed by atoms with E-state index in [1.807, 2.05) is 48.5 Å². The van der Waals surface area contributed by atoms with Crippen LogP contribution in [0.4, 0.5) is 0 Å². The molecule has 178 valence electrons. The molecule has 0 aliphatic rings. The predicted molar refractivity (Wildman–Crippen MR) is 133 cm³/mol. The number of fused-ring (bicyclic) bond motifs is 1. The zero-order valence-corrected chi connectivity index (χ0v) is 19.6. The average molecular weight is 491 g/mol. The van der Waals surface area contributed by atoms with Crippen LogP contribution in [0, 0.1) is 0 Å². The molecule has 0 radical (unpaired) electrons. The van der Waals surface area contributed by atoms with E-state index in [1.54, 1.807) is 29.3 Å². The first-order valence-corrected chi connectivity index (χ1v) is 10.7. The highest BCUT2D eigenvalue weighted by molar-refractivity contribution is 5.86. The molecule has 35 heavy (non-hydrogen) atoms. The van der Waals surface area contributed by atoms with Gasteiger partial charge in [-0.15, -0.1) is 17.5 Å². The quantitative estimate of drug-likeness (QED) is 0.319. The zero-order valence-electron chi connectivity index (χ0n) is 18.8. The van der Waals surface area contributed by atoms with E-state index >= 15 is 0 Å². The van der Waals surface area contributed by atoms with E-state index in [-0.39, 0.29) is 30.6 Å². The molecule has 5 aromatic rings. The summed E-state index contributed by atoms with van der Waals surface area (Å²) in [4.78, 5) is 20.6. The Hall–Kier alpha value is -4.37. The Morgan fingerprint density at radius 3 is 2.69 bits per heavy atom. The molecule has 3 N–H and O–H groups in total. The van der Waals surface area contributed by atoms with Crippen molar-refractivity contribution < 1.29 is 14.6 Å². The summed E-state index contributed by atoms with van der Waals surface area (Å²) in [6.45, 7) is 0.255. The largest absolute Gasteiger partial charge is 0.504 e. The van der Waals surface area contributed by atoms with Crippen molar-refractivity contribution in [3.63, 3.8) is 0 Å². The van der Waals surface area contributed by atoms with Crippen LogP contribution >= 0.6 is 12.4 Å². The third kappa shape index (κ3) is 4.80. The molecule has 0 spiro atoms. The molecule has 1 atom stereocenters. The summed E-state index contributed by atoms with van der Waals surface area (Å²) in [6.07, 6.45) is 3.37. The Morgan fingerprint density at radius 1 is 1.14 bits per heavy atom. The average Bonchev–Trinajstić information content (AvgIpc) is 3.55. The molecule has 0 fully saturated rings. The molecule has 2 aromatic heterocycles. The molecule has 0 saturated heterocycles. The summed E-state index contributed by atoms with van der Waals surface area (Å²) in [6, 6.07) is 19.4. The number of halogens is 1. The fraction of sp³-hybridized carbons (Fsp3) is 0.120. The highest BCUT2D eigenvalue weighted by Crippen LogP contribution is 2.27. The van der Waals surface area contributed by atoms with Gasteiger partial charge in [0.25, 0.3) is 0 Å². The Morgan fingerprint density at radius 2 is 1.94 bits per heavy atom. The van der Waals surface area contributed by atoms with Gasteiger partial charge in [-0.2, -0.15) is 0 Å². The SMILES string of the molecule is COc1cc(CNC(=O)C(c2ccc(-c3cnc[nH]3)cc2)n2nnc3ccccc32)ccc1O.Cl. The summed E-state index contributed by atoms with van der Waals surface area (Å²) < 4.78 is 6.80. The van der Waals surface area contributed by atoms with Crippen molar-refractivity contribution in [1.82, 2.24) is 30.3 Å². The van der Waals surface area contributed by atoms with Gasteiger partial charge in [-0.3, -0.25) is 4.79 Å². The summed E-state index contributed by atoms with van der Waals surface area (Å²) >= 11 is 0. The van der Waals surface area contributed by atoms with Crippen LogP contribution < -0.4 is 10.1 Å². The van der Waals surface area contributed by atoms with Crippen LogP contribution in [0.1, 0.15) is 17.2 Å². The topological polar surface area (TPSA) is 118 Å². The summed E-state index contributed by atoms with van der Waals surface area (Å²) in [7, 11) is 1.48. The van der Waals surface area contributed by atoms with Crippen molar-refractivity contribution in [2.45, 2.75) is 12.6 Å². The number of aromatic hydroxyl groups is 1. The van der Waals surface area contributed by atoms with Gasteiger partial charge < -0.3 is 20.1 Å². The number of phenols is 1. The summed E-state index contributed by atoms with van der Waals surface area (Å²) in [5.74, 6) is 0.152. The van der Waals surface area contributed by atoms with Gasteiger partial charge in [-0.1, -0.05) is 47.7 Å². The van der Waals surface area contributed by atoms with Crippen LogP contribution in [-0.2, 0) is 11.3 Å². The van der Waals surface area contributed by atoms with E-state index in [9.17, 15) is 9.90 Å². The maximum absolute atomic E-state index is 13.5. The van der Waals surface area contributed by atoms with Gasteiger partial charge in [0.15, 0.2) is 17.5 Å². The normalized spacial score (nSPS) is 11.6. The van der Waals surface area contributed by atoms with E-state index in [4.69, 9.17) is 4.74 Å². The smallest absolute Gasteiger partial charge is 0.249 e. The van der Waals surface area contributed by atoms with Gasteiger partial charge in [0.05, 0.1) is 30.8 Å². The Bertz CT molecular complexity index is 1430. The fourth-order valence-electron chi connectivity index (χ4n) is 3.86. The number of nitrogens with zero attached hydrogens (tertiary/aromatic N) is 4. The van der Waals surface area contributed by atoms with Crippen LogP contribution in [0.2, 0.25) is 0 Å². The van der Waals surface area contributed by atoms with Crippen molar-refractivity contribution in [2.75, 3.05) is 7.11 Å². The minimum atomic E-state index is -0.734. The number of H-pyrrole nitrogens is 1. The number of carbonyl (C=O) groups excluding carboxylic acids is 1. The molecule has 1 unspecified atom stereocenters. The number of imidazole rings is 1. The zero-order chi connectivity index (χ0) is 23.5. The van der Waals surface area contributed by atoms with Crippen molar-refractivity contribution in [1.29, 1.82) is 0 Å². The van der Waals surface area contributed by atoms with E-state index in [0.717, 1.165) is 27.9 Å². The Kier molecular flexibility index (Phi) is 6.98. The molecule has 0 aliphatic carbocycles. The molecular weight excluding hydrogens is 468 g/mol. The summed E-state index contributed by atoms with van der Waals surface area (Å²) in [5, 5.41) is 21.3. The van der Waals surface area contributed by atoms with Crippen LogP contribution in [0.25, 0.3) is 22.3 Å². The first kappa shape index (κ1) is 23.8. The Balaban J connectivity index is 0.00000289. The first-order chi connectivity index (χ1) is 16.6. The van der Waals surface area contributed by atoms with E-state index in [1.165, 1.54) is 13.2 Å². The van der Waals surface area contributed by atoms with Crippen LogP contribution in [0.15, 0.2) is 79.3 Å². The van der Waals surface area contributed by atoms with Crippen LogP contribution in [-0.4, -0.2) is 43.1 Å². The molecule has 2 heterocycles. The number of hydrogen-bond acceptors (Lipinski definition) is 6. The lowest BCUT2D eigenvalue weighted by Crippen LogP contribution is -2.33. The lowest BCUT2D eigenvalue weighted by Gasteiger charge is -2.19. The highest BCUT2D eigenvalue weighted by Gasteiger charge is 2.26. The minimum absolute atomic E-state index is 0. The molecule has 3 aromatic carbocycles. The van der Waals surface area contributed by atoms with Gasteiger partial charge in [-0.05, 0) is 41.0 Å². The fourth-order valence-corrected chi connectivity index (χ4v) is 3.86. The number of ether oxygens (including phenoxy) is 1. The van der Waals surface area contributed by atoms with Gasteiger partial charge >= 0.3 is 0 Å². The van der Waals surface area contributed by atoms with Gasteiger partial charge in [-0.25, -0.2) is 9.67 Å². The number of aromatic amines is 1. The predicted octanol–water partition coefficient (Wildman–Crippen LogP) is 3.86. The number of carbonyl (C=O) groups is 1. The van der Waals surface area contributed by atoms with Gasteiger partial charge in [0.2, 0.25) is 5.91 Å². The number of aromatic nitrogens is 5. The maximum Gasteiger partial charge on any atom is 0.249 e. The lowest BCUT2D eigenvalue weighted by atomic mass is 10.0. The van der Waals surface area contributed by atoms with E-state index < -0.39 is 6.04 Å². The van der Waals surface area contributed by atoms with Gasteiger partial charge in [0, 0.05) is 6.54 Å². The van der Waals surface area contributed by atoms with Gasteiger partial charge in [0.1, 0.15) is 5.52 Å². The standard InChI is InChI=1S/C25H22N6O3.ClH/c1-34-23-12-16(6-11-22(23)32)13-27-25(33)24(31-21-5-3-2-4-19(21)29-30-31)18-9-7-17(8-10-18)20-14-26-15-28-20;/h2-12,14-15,24,32H,13H2,1H3,(H,26,28)(H,27,33);1H. The molecule has 1 amide bonds. The molecular formula is C25H23ClN6O3.